The van der Waals surface area contributed by atoms with Gasteiger partial charge in [-0.25, -0.2) is 4.79 Å². The van der Waals surface area contributed by atoms with Gasteiger partial charge in [0.15, 0.2) is 6.29 Å². The van der Waals surface area contributed by atoms with Crippen LogP contribution in [0.4, 0.5) is 4.79 Å². The number of rotatable bonds is 4. The van der Waals surface area contributed by atoms with Crippen LogP contribution in [0.3, 0.4) is 0 Å². The summed E-state index contributed by atoms with van der Waals surface area (Å²) in [5, 5.41) is 0. The summed E-state index contributed by atoms with van der Waals surface area (Å²) in [6.45, 7) is 13.8. The Bertz CT molecular complexity index is 971. The molecule has 36 heavy (non-hydrogen) atoms. The molecule has 2 saturated heterocycles. The van der Waals surface area contributed by atoms with E-state index >= 15 is 0 Å². The summed E-state index contributed by atoms with van der Waals surface area (Å²) in [6.07, 6.45) is 6.81. The van der Waals surface area contributed by atoms with Crippen LogP contribution >= 0.6 is 0 Å². The summed E-state index contributed by atoms with van der Waals surface area (Å²) in [7, 11) is 0. The van der Waals surface area contributed by atoms with Crippen LogP contribution in [0.25, 0.3) is 0 Å². The maximum absolute atomic E-state index is 13.1. The van der Waals surface area contributed by atoms with E-state index in [4.69, 9.17) is 18.6 Å². The molecule has 4 rings (SSSR count). The fourth-order valence-electron chi connectivity index (χ4n) is 4.96. The van der Waals surface area contributed by atoms with Gasteiger partial charge in [-0.05, 0) is 91.7 Å². The molecule has 0 radical (unpaired) electrons. The smallest absolute Gasteiger partial charge is 0.410 e. The monoisotopic (exact) mass is 519 g/mol. The Balaban J connectivity index is 1.54. The predicted octanol–water partition coefficient (Wildman–Crippen LogP) is 4.95. The molecule has 2 aliphatic heterocycles. The van der Waals surface area contributed by atoms with Crippen molar-refractivity contribution in [3.63, 3.8) is 0 Å². The summed E-state index contributed by atoms with van der Waals surface area (Å²) in [5.74, 6) is 0. The number of amides is 1. The van der Waals surface area contributed by atoms with Crippen molar-refractivity contribution in [1.82, 2.24) is 9.88 Å². The number of nitrogens with zero attached hydrogens (tertiary/aromatic N) is 3. The number of ether oxygens (including phenoxy) is 3. The average molecular weight is 520 g/mol. The largest absolute Gasteiger partial charge is 0.591 e. The molecule has 1 unspecified atom stereocenters. The first kappa shape index (κ1) is 27.4. The van der Waals surface area contributed by atoms with Crippen molar-refractivity contribution in [3.05, 3.63) is 29.1 Å². The maximum Gasteiger partial charge on any atom is 0.410 e. The quantitative estimate of drug-likeness (QED) is 0.522. The SMILES string of the molecule is CC(C)(C)OC(=O)N1CCC2(CC1)Cc1cc(COC3CCCCO3)ncc1C2=N[S@+]([O-])C(C)(C)C. The molecule has 9 heteroatoms. The zero-order valence-electron chi connectivity index (χ0n) is 22.6. The second kappa shape index (κ2) is 10.6. The van der Waals surface area contributed by atoms with Crippen LogP contribution in [0, 0.1) is 5.41 Å². The van der Waals surface area contributed by atoms with Gasteiger partial charge in [0.2, 0.25) is 0 Å². The second-order valence-corrected chi connectivity index (χ2v) is 14.1. The van der Waals surface area contributed by atoms with E-state index in [1.54, 1.807) is 4.90 Å². The van der Waals surface area contributed by atoms with Gasteiger partial charge < -0.3 is 23.7 Å². The van der Waals surface area contributed by atoms with E-state index in [2.05, 4.69) is 11.1 Å². The number of fused-ring (bicyclic) bond motifs is 1. The molecule has 3 aliphatic rings. The number of carbonyl (C=O) groups excluding carboxylic acids is 1. The second-order valence-electron chi connectivity index (χ2n) is 12.2. The topological polar surface area (TPSA) is 96.3 Å². The molecular formula is C27H41N3O5S. The van der Waals surface area contributed by atoms with Crippen molar-refractivity contribution in [3.8, 4) is 0 Å². The molecule has 1 aliphatic carbocycles. The molecule has 8 nitrogen and oxygen atoms in total. The molecule has 2 fully saturated rings. The molecule has 3 heterocycles. The third kappa shape index (κ3) is 6.41. The molecule has 1 aromatic rings. The Morgan fingerprint density at radius 3 is 2.58 bits per heavy atom. The van der Waals surface area contributed by atoms with Gasteiger partial charge in [0.05, 0.1) is 12.3 Å². The first-order chi connectivity index (χ1) is 16.9. The lowest BCUT2D eigenvalue weighted by molar-refractivity contribution is -0.169. The zero-order chi connectivity index (χ0) is 26.1. The van der Waals surface area contributed by atoms with E-state index in [1.165, 1.54) is 0 Å². The van der Waals surface area contributed by atoms with Gasteiger partial charge in [-0.15, -0.1) is 0 Å². The van der Waals surface area contributed by atoms with Gasteiger partial charge >= 0.3 is 6.09 Å². The summed E-state index contributed by atoms with van der Waals surface area (Å²) in [6, 6.07) is 2.10. The van der Waals surface area contributed by atoms with Crippen LogP contribution in [-0.2, 0) is 38.6 Å². The third-order valence-electron chi connectivity index (χ3n) is 6.96. The lowest BCUT2D eigenvalue weighted by atomic mass is 9.74. The van der Waals surface area contributed by atoms with E-state index < -0.39 is 21.7 Å². The number of hydrogen-bond acceptors (Lipinski definition) is 7. The highest BCUT2D eigenvalue weighted by Gasteiger charge is 2.48. The molecule has 1 spiro atoms. The van der Waals surface area contributed by atoms with Crippen molar-refractivity contribution in [1.29, 1.82) is 0 Å². The van der Waals surface area contributed by atoms with Gasteiger partial charge in [-0.1, -0.05) is 4.40 Å². The number of piperidine rings is 1. The predicted molar refractivity (Wildman–Crippen MR) is 140 cm³/mol. The van der Waals surface area contributed by atoms with Gasteiger partial charge in [0.1, 0.15) is 27.4 Å². The molecule has 2 atom stereocenters. The maximum atomic E-state index is 13.1. The molecule has 200 valence electrons. The molecule has 1 amide bonds. The Morgan fingerprint density at radius 1 is 1.25 bits per heavy atom. The lowest BCUT2D eigenvalue weighted by Crippen LogP contribution is -2.47. The standard InChI is InChI=1S/C27H41N3O5S/c1-25(2,3)35-24(31)30-12-10-27(11-13-30)16-19-15-20(18-34-22-9-7-8-14-33-22)28-17-21(19)23(27)29-36(32)26(4,5)6/h15,17,22H,7-14,16,18H2,1-6H3/t22?,36-/m1/s1. The van der Waals surface area contributed by atoms with Crippen molar-refractivity contribution in [2.45, 2.75) is 103 Å². The van der Waals surface area contributed by atoms with E-state index in [0.717, 1.165) is 67.7 Å². The first-order valence-corrected chi connectivity index (χ1v) is 14.2. The van der Waals surface area contributed by atoms with Gasteiger partial charge in [0.25, 0.3) is 0 Å². The van der Waals surface area contributed by atoms with Gasteiger partial charge in [-0.2, -0.15) is 0 Å². The molecule has 0 saturated carbocycles. The van der Waals surface area contributed by atoms with Crippen LogP contribution in [0.1, 0.15) is 90.5 Å². The highest BCUT2D eigenvalue weighted by atomic mass is 32.2. The Hall–Kier alpha value is -1.68. The Morgan fingerprint density at radius 2 is 1.97 bits per heavy atom. The molecule has 0 aromatic carbocycles. The average Bonchev–Trinajstić information content (AvgIpc) is 3.08. The zero-order valence-corrected chi connectivity index (χ0v) is 23.4. The summed E-state index contributed by atoms with van der Waals surface area (Å²) < 4.78 is 34.7. The van der Waals surface area contributed by atoms with Crippen molar-refractivity contribution in [2.24, 2.45) is 9.81 Å². The highest BCUT2D eigenvalue weighted by Crippen LogP contribution is 2.46. The highest BCUT2D eigenvalue weighted by molar-refractivity contribution is 7.91. The Kier molecular flexibility index (Phi) is 8.05. The molecule has 0 N–H and O–H groups in total. The number of pyridine rings is 1. The van der Waals surface area contributed by atoms with Crippen LogP contribution < -0.4 is 0 Å². The van der Waals surface area contributed by atoms with Crippen LogP contribution in [-0.4, -0.2) is 62.6 Å². The number of aromatic nitrogens is 1. The van der Waals surface area contributed by atoms with E-state index in [9.17, 15) is 9.35 Å². The van der Waals surface area contributed by atoms with Crippen LogP contribution in [0.5, 0.6) is 0 Å². The molecular weight excluding hydrogens is 478 g/mol. The van der Waals surface area contributed by atoms with Gasteiger partial charge in [0, 0.05) is 36.9 Å². The lowest BCUT2D eigenvalue weighted by Gasteiger charge is -2.39. The van der Waals surface area contributed by atoms with Crippen LogP contribution in [0.2, 0.25) is 0 Å². The number of carbonyl (C=O) groups is 1. The fourth-order valence-corrected chi connectivity index (χ4v) is 5.69. The van der Waals surface area contributed by atoms with Crippen LogP contribution in [0.15, 0.2) is 16.7 Å². The summed E-state index contributed by atoms with van der Waals surface area (Å²) in [5.41, 5.74) is 3.06. The van der Waals surface area contributed by atoms with Crippen molar-refractivity contribution >= 4 is 23.2 Å². The molecule has 0 bridgehead atoms. The minimum Gasteiger partial charge on any atom is -0.591 e. The fraction of sp³-hybridized carbons (Fsp3) is 0.741. The number of likely N-dealkylation sites (tertiary alicyclic amines) is 1. The van der Waals surface area contributed by atoms with Crippen molar-refractivity contribution in [2.75, 3.05) is 19.7 Å². The van der Waals surface area contributed by atoms with Gasteiger partial charge in [-0.3, -0.25) is 4.98 Å². The number of hydrogen-bond donors (Lipinski definition) is 0. The van der Waals surface area contributed by atoms with Crippen molar-refractivity contribution < 1.29 is 23.6 Å². The first-order valence-electron chi connectivity index (χ1n) is 13.1. The van der Waals surface area contributed by atoms with E-state index in [-0.39, 0.29) is 17.8 Å². The van der Waals surface area contributed by atoms with E-state index in [1.807, 2.05) is 47.7 Å². The Labute approximate surface area is 218 Å². The third-order valence-corrected chi connectivity index (χ3v) is 8.35. The summed E-state index contributed by atoms with van der Waals surface area (Å²) in [4.78, 5) is 19.1. The normalized spacial score (nSPS) is 24.1. The van der Waals surface area contributed by atoms with E-state index in [0.29, 0.717) is 19.7 Å². The summed E-state index contributed by atoms with van der Waals surface area (Å²) >= 11 is -1.39. The molecule has 1 aromatic heterocycles. The minimum atomic E-state index is -1.39. The minimum absolute atomic E-state index is 0.163.